The van der Waals surface area contributed by atoms with Gasteiger partial charge in [-0.1, -0.05) is 24.3 Å². The van der Waals surface area contributed by atoms with Crippen LogP contribution in [-0.4, -0.2) is 30.8 Å². The fourth-order valence-electron chi connectivity index (χ4n) is 2.41. The molecule has 1 atom stereocenters. The van der Waals surface area contributed by atoms with E-state index < -0.39 is 0 Å². The molecule has 4 heteroatoms. The molecule has 0 amide bonds. The quantitative estimate of drug-likeness (QED) is 0.890. The zero-order chi connectivity index (χ0) is 15.9. The normalized spacial score (nSPS) is 12.0. The van der Waals surface area contributed by atoms with Crippen molar-refractivity contribution in [1.82, 2.24) is 4.90 Å². The molecule has 0 heterocycles. The minimum Gasteiger partial charge on any atom is -0.497 e. The first kappa shape index (κ1) is 16.0. The highest BCUT2D eigenvalue weighted by atomic mass is 16.5. The van der Waals surface area contributed by atoms with Crippen molar-refractivity contribution in [2.45, 2.75) is 12.6 Å². The number of rotatable bonds is 6. The lowest BCUT2D eigenvalue weighted by atomic mass is 10.0. The van der Waals surface area contributed by atoms with Gasteiger partial charge in [-0.15, -0.1) is 0 Å². The Balaban J connectivity index is 2.10. The van der Waals surface area contributed by atoms with Crippen molar-refractivity contribution in [3.63, 3.8) is 0 Å². The van der Waals surface area contributed by atoms with E-state index in [0.29, 0.717) is 12.1 Å². The summed E-state index contributed by atoms with van der Waals surface area (Å²) in [6.07, 6.45) is 0. The van der Waals surface area contributed by atoms with Crippen LogP contribution in [0, 0.1) is 11.3 Å². The molecule has 0 aliphatic carbocycles. The van der Waals surface area contributed by atoms with E-state index in [2.05, 4.69) is 11.0 Å². The van der Waals surface area contributed by atoms with E-state index in [1.165, 1.54) is 0 Å². The third-order valence-corrected chi connectivity index (χ3v) is 3.72. The summed E-state index contributed by atoms with van der Waals surface area (Å²) in [6, 6.07) is 17.3. The fourth-order valence-corrected chi connectivity index (χ4v) is 2.41. The van der Waals surface area contributed by atoms with Crippen molar-refractivity contribution in [2.24, 2.45) is 0 Å². The van der Waals surface area contributed by atoms with E-state index in [1.807, 2.05) is 55.6 Å². The average molecular weight is 296 g/mol. The Morgan fingerprint density at radius 1 is 1.14 bits per heavy atom. The zero-order valence-electron chi connectivity index (χ0n) is 12.9. The first-order valence-corrected chi connectivity index (χ1v) is 7.12. The Morgan fingerprint density at radius 3 is 2.27 bits per heavy atom. The zero-order valence-corrected chi connectivity index (χ0v) is 12.9. The number of ether oxygens (including phenoxy) is 1. The van der Waals surface area contributed by atoms with Gasteiger partial charge in [0.05, 0.1) is 31.4 Å². The molecule has 0 spiro atoms. The number of nitriles is 1. The Bertz CT molecular complexity index is 630. The molecule has 4 nitrogen and oxygen atoms in total. The maximum atomic E-state index is 9.72. The van der Waals surface area contributed by atoms with Crippen molar-refractivity contribution >= 4 is 0 Å². The Kier molecular flexibility index (Phi) is 5.54. The minimum absolute atomic E-state index is 0.0408. The van der Waals surface area contributed by atoms with E-state index in [9.17, 15) is 5.11 Å². The molecule has 0 aromatic heterocycles. The van der Waals surface area contributed by atoms with Gasteiger partial charge in [0.1, 0.15) is 5.75 Å². The molecule has 22 heavy (non-hydrogen) atoms. The summed E-state index contributed by atoms with van der Waals surface area (Å²) in [5, 5.41) is 18.5. The number of aliphatic hydroxyl groups excluding tert-OH is 1. The van der Waals surface area contributed by atoms with Gasteiger partial charge < -0.3 is 9.84 Å². The van der Waals surface area contributed by atoms with Gasteiger partial charge >= 0.3 is 0 Å². The van der Waals surface area contributed by atoms with Crippen molar-refractivity contribution in [3.05, 3.63) is 65.2 Å². The maximum Gasteiger partial charge on any atom is 0.118 e. The van der Waals surface area contributed by atoms with Crippen LogP contribution in [0.25, 0.3) is 0 Å². The monoisotopic (exact) mass is 296 g/mol. The smallest absolute Gasteiger partial charge is 0.118 e. The molecular formula is C18H20N2O2. The summed E-state index contributed by atoms with van der Waals surface area (Å²) in [5.41, 5.74) is 2.80. The summed E-state index contributed by atoms with van der Waals surface area (Å²) in [4.78, 5) is 2.09. The summed E-state index contributed by atoms with van der Waals surface area (Å²) in [7, 11) is 3.61. The molecule has 0 aliphatic rings. The third kappa shape index (κ3) is 3.85. The second-order valence-corrected chi connectivity index (χ2v) is 5.20. The average Bonchev–Trinajstić information content (AvgIpc) is 2.57. The van der Waals surface area contributed by atoms with E-state index >= 15 is 0 Å². The van der Waals surface area contributed by atoms with Crippen LogP contribution in [0.1, 0.15) is 22.7 Å². The summed E-state index contributed by atoms with van der Waals surface area (Å²) >= 11 is 0. The van der Waals surface area contributed by atoms with Crippen LogP contribution in [0.3, 0.4) is 0 Å². The number of likely N-dealkylation sites (N-methyl/N-ethyl adjacent to an activating group) is 1. The van der Waals surface area contributed by atoms with E-state index in [-0.39, 0.29) is 12.6 Å². The molecule has 114 valence electrons. The highest BCUT2D eigenvalue weighted by Gasteiger charge is 2.16. The standard InChI is InChI=1S/C18H20N2O2/c1-20(12-15-5-3-14(11-19)4-6-15)18(13-21)16-7-9-17(22-2)10-8-16/h3-10,18,21H,12-13H2,1-2H3/t18-/m0/s1. The molecule has 2 rings (SSSR count). The van der Waals surface area contributed by atoms with Gasteiger partial charge in [-0.2, -0.15) is 5.26 Å². The molecule has 2 aromatic rings. The first-order chi connectivity index (χ1) is 10.7. The number of nitrogens with zero attached hydrogens (tertiary/aromatic N) is 2. The molecule has 0 radical (unpaired) electrons. The Labute approximate surface area is 131 Å². The number of benzene rings is 2. The largest absolute Gasteiger partial charge is 0.497 e. The molecule has 0 aliphatic heterocycles. The Morgan fingerprint density at radius 2 is 1.77 bits per heavy atom. The second kappa shape index (κ2) is 7.60. The Hall–Kier alpha value is -2.35. The maximum absolute atomic E-state index is 9.72. The molecule has 0 bridgehead atoms. The summed E-state index contributed by atoms with van der Waals surface area (Å²) in [5.74, 6) is 0.801. The van der Waals surface area contributed by atoms with E-state index in [4.69, 9.17) is 10.00 Å². The van der Waals surface area contributed by atoms with Crippen molar-refractivity contribution in [3.8, 4) is 11.8 Å². The number of methoxy groups -OCH3 is 1. The van der Waals surface area contributed by atoms with E-state index in [1.54, 1.807) is 7.11 Å². The number of hydrogen-bond acceptors (Lipinski definition) is 4. The van der Waals surface area contributed by atoms with Crippen LogP contribution < -0.4 is 4.74 Å². The van der Waals surface area contributed by atoms with Crippen molar-refractivity contribution in [2.75, 3.05) is 20.8 Å². The second-order valence-electron chi connectivity index (χ2n) is 5.20. The molecule has 0 saturated carbocycles. The van der Waals surface area contributed by atoms with Crippen LogP contribution in [0.15, 0.2) is 48.5 Å². The summed E-state index contributed by atoms with van der Waals surface area (Å²) in [6.45, 7) is 0.738. The van der Waals surface area contributed by atoms with Crippen molar-refractivity contribution < 1.29 is 9.84 Å². The lowest BCUT2D eigenvalue weighted by Crippen LogP contribution is -2.26. The highest BCUT2D eigenvalue weighted by molar-refractivity contribution is 5.32. The van der Waals surface area contributed by atoms with Gasteiger partial charge in [-0.05, 0) is 42.4 Å². The van der Waals surface area contributed by atoms with Gasteiger partial charge in [0, 0.05) is 6.54 Å². The molecule has 1 N–H and O–H groups in total. The van der Waals surface area contributed by atoms with E-state index in [0.717, 1.165) is 16.9 Å². The van der Waals surface area contributed by atoms with Gasteiger partial charge in [0.15, 0.2) is 0 Å². The molecule has 0 saturated heterocycles. The highest BCUT2D eigenvalue weighted by Crippen LogP contribution is 2.23. The van der Waals surface area contributed by atoms with Crippen molar-refractivity contribution in [1.29, 1.82) is 5.26 Å². The minimum atomic E-state index is -0.0819. The van der Waals surface area contributed by atoms with Gasteiger partial charge in [0.25, 0.3) is 0 Å². The molecule has 0 unspecified atom stereocenters. The van der Waals surface area contributed by atoms with Crippen LogP contribution in [-0.2, 0) is 6.54 Å². The predicted molar refractivity (Wildman–Crippen MR) is 85.4 cm³/mol. The van der Waals surface area contributed by atoms with Gasteiger partial charge in [-0.3, -0.25) is 4.90 Å². The molecule has 0 fully saturated rings. The first-order valence-electron chi connectivity index (χ1n) is 7.12. The molecular weight excluding hydrogens is 276 g/mol. The van der Waals surface area contributed by atoms with Gasteiger partial charge in [0.2, 0.25) is 0 Å². The van der Waals surface area contributed by atoms with Crippen LogP contribution in [0.5, 0.6) is 5.75 Å². The predicted octanol–water partition coefficient (Wildman–Crippen LogP) is 2.73. The number of aliphatic hydroxyl groups is 1. The fraction of sp³-hybridized carbons (Fsp3) is 0.278. The SMILES string of the molecule is COc1ccc([C@H](CO)N(C)Cc2ccc(C#N)cc2)cc1. The third-order valence-electron chi connectivity index (χ3n) is 3.72. The summed E-state index contributed by atoms with van der Waals surface area (Å²) < 4.78 is 5.16. The number of hydrogen-bond donors (Lipinski definition) is 1. The van der Waals surface area contributed by atoms with Gasteiger partial charge in [-0.25, -0.2) is 0 Å². The van der Waals surface area contributed by atoms with Crippen LogP contribution >= 0.6 is 0 Å². The van der Waals surface area contributed by atoms with Crippen LogP contribution in [0.4, 0.5) is 0 Å². The molecule has 2 aromatic carbocycles. The lowest BCUT2D eigenvalue weighted by Gasteiger charge is -2.27. The topological polar surface area (TPSA) is 56.5 Å². The lowest BCUT2D eigenvalue weighted by molar-refractivity contribution is 0.142. The van der Waals surface area contributed by atoms with Crippen LogP contribution in [0.2, 0.25) is 0 Å².